The zero-order chi connectivity index (χ0) is 23.8. The third kappa shape index (κ3) is 2.64. The first-order valence-corrected chi connectivity index (χ1v) is 12.3. The van der Waals surface area contributed by atoms with E-state index in [2.05, 4.69) is 15.9 Å². The van der Waals surface area contributed by atoms with Gasteiger partial charge in [-0.3, -0.25) is 9.59 Å². The Balaban J connectivity index is 1.52. The maximum atomic E-state index is 14.0. The van der Waals surface area contributed by atoms with Crippen molar-refractivity contribution >= 4 is 51.0 Å². The van der Waals surface area contributed by atoms with Crippen molar-refractivity contribution in [2.45, 2.75) is 17.2 Å². The van der Waals surface area contributed by atoms with Crippen molar-refractivity contribution in [1.82, 2.24) is 0 Å². The smallest absolute Gasteiger partial charge is 0.339 e. The van der Waals surface area contributed by atoms with Gasteiger partial charge in [0.05, 0.1) is 39.0 Å². The van der Waals surface area contributed by atoms with E-state index in [1.165, 1.54) is 17.0 Å². The predicted molar refractivity (Wildman–Crippen MR) is 131 cm³/mol. The maximum absolute atomic E-state index is 14.0. The van der Waals surface area contributed by atoms with E-state index >= 15 is 0 Å². The third-order valence-electron chi connectivity index (χ3n) is 7.22. The fourth-order valence-electron chi connectivity index (χ4n) is 5.95. The number of nitrogens with zero attached hydrogens (tertiary/aromatic N) is 1. The Kier molecular flexibility index (Phi) is 4.77. The summed E-state index contributed by atoms with van der Waals surface area (Å²) in [6, 6.07) is 20.6. The Hall–Kier alpha value is -2.96. The number of benzene rings is 3. The van der Waals surface area contributed by atoms with Crippen LogP contribution in [0.2, 0.25) is 5.02 Å². The van der Waals surface area contributed by atoms with Crippen LogP contribution in [0.4, 0.5) is 5.69 Å². The Labute approximate surface area is 209 Å². The lowest BCUT2D eigenvalue weighted by Gasteiger charge is -2.51. The predicted octanol–water partition coefficient (Wildman–Crippen LogP) is 5.42. The van der Waals surface area contributed by atoms with E-state index in [9.17, 15) is 14.4 Å². The molecule has 0 aromatic heterocycles. The molecular weight excluding hydrogens is 518 g/mol. The van der Waals surface area contributed by atoms with Crippen LogP contribution in [0.5, 0.6) is 0 Å². The SMILES string of the molecule is CCOC(=O)c1cc(N2C(=O)[C@@H]3[C@@H](C2=O)C2c4ccccc4C3(Br)c3ccccc32)ccc1Cl. The average molecular weight is 537 g/mol. The number of alkyl halides is 1. The highest BCUT2D eigenvalue weighted by Crippen LogP contribution is 2.66. The summed E-state index contributed by atoms with van der Waals surface area (Å²) in [4.78, 5) is 41.5. The van der Waals surface area contributed by atoms with Gasteiger partial charge in [0.15, 0.2) is 0 Å². The van der Waals surface area contributed by atoms with Gasteiger partial charge in [-0.1, -0.05) is 76.1 Å². The molecule has 1 fully saturated rings. The minimum atomic E-state index is -0.822. The number of imide groups is 1. The molecule has 3 aromatic carbocycles. The highest BCUT2D eigenvalue weighted by Gasteiger charge is 2.67. The van der Waals surface area contributed by atoms with Crippen molar-refractivity contribution in [1.29, 1.82) is 0 Å². The number of anilines is 1. The first-order valence-electron chi connectivity index (χ1n) is 11.1. The number of carbonyl (C=O) groups is 3. The third-order valence-corrected chi connectivity index (χ3v) is 8.90. The lowest BCUT2D eigenvalue weighted by atomic mass is 9.55. The minimum absolute atomic E-state index is 0.125. The average Bonchev–Trinajstić information content (AvgIpc) is 3.11. The van der Waals surface area contributed by atoms with Gasteiger partial charge in [-0.05, 0) is 47.4 Å². The normalized spacial score (nSPS) is 26.2. The number of ether oxygens (including phenoxy) is 1. The molecule has 1 saturated heterocycles. The van der Waals surface area contributed by atoms with Gasteiger partial charge in [-0.2, -0.15) is 0 Å². The Bertz CT molecular complexity index is 1360. The van der Waals surface area contributed by atoms with Gasteiger partial charge in [0, 0.05) is 5.92 Å². The first kappa shape index (κ1) is 21.6. The van der Waals surface area contributed by atoms with Gasteiger partial charge >= 0.3 is 5.97 Å². The van der Waals surface area contributed by atoms with E-state index in [0.717, 1.165) is 22.3 Å². The van der Waals surface area contributed by atoms with Gasteiger partial charge in [0.2, 0.25) is 11.8 Å². The Morgan fingerprint density at radius 3 is 2.24 bits per heavy atom. The topological polar surface area (TPSA) is 63.7 Å². The molecule has 4 aliphatic rings. The molecular formula is C27H19BrClNO4. The van der Waals surface area contributed by atoms with Crippen LogP contribution < -0.4 is 4.90 Å². The number of carbonyl (C=O) groups excluding carboxylic acids is 3. The van der Waals surface area contributed by atoms with Crippen molar-refractivity contribution in [3.63, 3.8) is 0 Å². The summed E-state index contributed by atoms with van der Waals surface area (Å²) in [5.74, 6) is -2.56. The van der Waals surface area contributed by atoms with E-state index in [1.807, 2.05) is 48.5 Å². The van der Waals surface area contributed by atoms with Crippen LogP contribution >= 0.6 is 27.5 Å². The molecule has 3 aliphatic carbocycles. The van der Waals surface area contributed by atoms with Crippen molar-refractivity contribution in [3.05, 3.63) is 99.6 Å². The molecule has 1 aliphatic heterocycles. The quantitative estimate of drug-likeness (QED) is 0.255. The molecule has 1 heterocycles. The van der Waals surface area contributed by atoms with Crippen LogP contribution in [0.25, 0.3) is 0 Å². The molecule has 5 nitrogen and oxygen atoms in total. The summed E-state index contributed by atoms with van der Waals surface area (Å²) >= 11 is 10.2. The summed E-state index contributed by atoms with van der Waals surface area (Å²) in [7, 11) is 0. The molecule has 0 saturated carbocycles. The second-order valence-corrected chi connectivity index (χ2v) is 10.4. The molecule has 34 heavy (non-hydrogen) atoms. The first-order chi connectivity index (χ1) is 16.4. The number of hydrogen-bond donors (Lipinski definition) is 0. The van der Waals surface area contributed by atoms with Gasteiger partial charge < -0.3 is 4.74 Å². The van der Waals surface area contributed by atoms with Crippen molar-refractivity contribution in [3.8, 4) is 0 Å². The monoisotopic (exact) mass is 535 g/mol. The zero-order valence-electron chi connectivity index (χ0n) is 18.1. The molecule has 3 aromatic rings. The second kappa shape index (κ2) is 7.52. The molecule has 7 rings (SSSR count). The van der Waals surface area contributed by atoms with Crippen LogP contribution in [0.3, 0.4) is 0 Å². The number of esters is 1. The van der Waals surface area contributed by atoms with Crippen LogP contribution in [0.15, 0.2) is 66.7 Å². The maximum Gasteiger partial charge on any atom is 0.339 e. The molecule has 170 valence electrons. The molecule has 0 N–H and O–H groups in total. The highest BCUT2D eigenvalue weighted by molar-refractivity contribution is 9.09. The number of hydrogen-bond acceptors (Lipinski definition) is 4. The van der Waals surface area contributed by atoms with Crippen LogP contribution in [-0.2, 0) is 18.7 Å². The molecule has 2 amide bonds. The lowest BCUT2D eigenvalue weighted by molar-refractivity contribution is -0.122. The van der Waals surface area contributed by atoms with Crippen LogP contribution in [0, 0.1) is 11.8 Å². The van der Waals surface area contributed by atoms with Crippen LogP contribution in [-0.4, -0.2) is 24.4 Å². The fourth-order valence-corrected chi connectivity index (χ4v) is 7.35. The molecule has 0 spiro atoms. The molecule has 0 unspecified atom stereocenters. The van der Waals surface area contributed by atoms with E-state index in [4.69, 9.17) is 16.3 Å². The minimum Gasteiger partial charge on any atom is -0.462 e. The molecule has 0 radical (unpaired) electrons. The van der Waals surface area contributed by atoms with E-state index in [0.29, 0.717) is 5.69 Å². The Morgan fingerprint density at radius 2 is 1.62 bits per heavy atom. The summed E-state index contributed by atoms with van der Waals surface area (Å²) in [6.45, 7) is 1.89. The van der Waals surface area contributed by atoms with Gasteiger partial charge in [-0.25, -0.2) is 9.69 Å². The zero-order valence-corrected chi connectivity index (χ0v) is 20.5. The molecule has 2 atom stereocenters. The van der Waals surface area contributed by atoms with Gasteiger partial charge in [-0.15, -0.1) is 0 Å². The van der Waals surface area contributed by atoms with E-state index in [-0.39, 0.29) is 34.9 Å². The number of halogens is 2. The number of amides is 2. The van der Waals surface area contributed by atoms with Gasteiger partial charge in [0.1, 0.15) is 0 Å². The Morgan fingerprint density at radius 1 is 1.00 bits per heavy atom. The van der Waals surface area contributed by atoms with Gasteiger partial charge in [0.25, 0.3) is 0 Å². The van der Waals surface area contributed by atoms with Crippen molar-refractivity contribution in [2.75, 3.05) is 11.5 Å². The number of rotatable bonds is 3. The summed E-state index contributed by atoms with van der Waals surface area (Å²) in [5, 5.41) is 0.204. The van der Waals surface area contributed by atoms with Crippen molar-refractivity contribution in [2.24, 2.45) is 11.8 Å². The summed E-state index contributed by atoms with van der Waals surface area (Å²) in [5.41, 5.74) is 4.61. The van der Waals surface area contributed by atoms with Crippen LogP contribution in [0.1, 0.15) is 45.5 Å². The highest BCUT2D eigenvalue weighted by atomic mass is 79.9. The lowest BCUT2D eigenvalue weighted by Crippen LogP contribution is -2.50. The van der Waals surface area contributed by atoms with E-state index < -0.39 is 22.1 Å². The summed E-state index contributed by atoms with van der Waals surface area (Å²) in [6.07, 6.45) is 0. The largest absolute Gasteiger partial charge is 0.462 e. The van der Waals surface area contributed by atoms with E-state index in [1.54, 1.807) is 13.0 Å². The fraction of sp³-hybridized carbons (Fsp3) is 0.222. The van der Waals surface area contributed by atoms with Crippen molar-refractivity contribution < 1.29 is 19.1 Å². The summed E-state index contributed by atoms with van der Waals surface area (Å²) < 4.78 is 4.28. The standard InChI is InChI=1S/C27H19BrClNO4/c1-2-34-26(33)17-13-14(11-12-20(17)29)30-24(31)22-21-15-7-3-5-9-18(15)27(28,23(22)25(30)32)19-10-6-4-8-16(19)21/h3-13,21-23H,2H2,1H3/t21?,22-,23-,27?/m0/s1. The molecule has 7 heteroatoms. The second-order valence-electron chi connectivity index (χ2n) is 8.76. The molecule has 2 bridgehead atoms.